The maximum Gasteiger partial charge on any atom is 0.272 e. The van der Waals surface area contributed by atoms with Gasteiger partial charge in [-0.25, -0.2) is 5.43 Å². The molecule has 0 fully saturated rings. The first-order valence-electron chi connectivity index (χ1n) is 6.31. The summed E-state index contributed by atoms with van der Waals surface area (Å²) in [6.07, 6.45) is 7.61. The van der Waals surface area contributed by atoms with Gasteiger partial charge in [-0.1, -0.05) is 18.2 Å². The van der Waals surface area contributed by atoms with Crippen LogP contribution in [0.1, 0.15) is 15.9 Å². The van der Waals surface area contributed by atoms with Gasteiger partial charge in [-0.15, -0.1) is 0 Å². The Balaban J connectivity index is 1.91. The summed E-state index contributed by atoms with van der Waals surface area (Å²) in [5.41, 5.74) is 3.43. The molecule has 7 heteroatoms. The number of nitrogens with one attached hydrogen (secondary N) is 1. The number of carbonyl (C=O) groups is 1. The van der Waals surface area contributed by atoms with Gasteiger partial charge < -0.3 is 0 Å². The van der Waals surface area contributed by atoms with Crippen LogP contribution in [0, 0.1) is 10.1 Å². The van der Waals surface area contributed by atoms with Gasteiger partial charge in [0.25, 0.3) is 11.6 Å². The molecule has 1 amide bonds. The van der Waals surface area contributed by atoms with E-state index in [9.17, 15) is 14.9 Å². The molecule has 1 aromatic carbocycles. The van der Waals surface area contributed by atoms with Crippen LogP contribution < -0.4 is 5.43 Å². The van der Waals surface area contributed by atoms with E-state index in [1.54, 1.807) is 42.6 Å². The van der Waals surface area contributed by atoms with Gasteiger partial charge in [0.1, 0.15) is 0 Å². The number of amides is 1. The molecular weight excluding hydrogens is 284 g/mol. The molecule has 2 aromatic rings. The molecule has 0 aliphatic rings. The zero-order chi connectivity index (χ0) is 15.8. The van der Waals surface area contributed by atoms with E-state index in [0.717, 1.165) is 0 Å². The number of hydrogen-bond donors (Lipinski definition) is 1. The largest absolute Gasteiger partial charge is 0.272 e. The van der Waals surface area contributed by atoms with Crippen molar-refractivity contribution in [3.63, 3.8) is 0 Å². The van der Waals surface area contributed by atoms with Gasteiger partial charge in [0, 0.05) is 30.7 Å². The highest BCUT2D eigenvalue weighted by molar-refractivity contribution is 5.94. The lowest BCUT2D eigenvalue weighted by Crippen LogP contribution is -2.17. The second kappa shape index (κ2) is 7.44. The highest BCUT2D eigenvalue weighted by atomic mass is 16.6. The van der Waals surface area contributed by atoms with Gasteiger partial charge in [0.2, 0.25) is 0 Å². The molecule has 2 rings (SSSR count). The number of hydrazone groups is 1. The number of nitrogens with zero attached hydrogens (tertiary/aromatic N) is 3. The normalized spacial score (nSPS) is 10.9. The lowest BCUT2D eigenvalue weighted by molar-refractivity contribution is -0.384. The summed E-state index contributed by atoms with van der Waals surface area (Å²) < 4.78 is 0. The van der Waals surface area contributed by atoms with Crippen LogP contribution in [0.4, 0.5) is 5.69 Å². The zero-order valence-corrected chi connectivity index (χ0v) is 11.4. The molecule has 0 bridgehead atoms. The molecule has 0 aliphatic carbocycles. The maximum atomic E-state index is 11.6. The number of aromatic nitrogens is 1. The molecule has 0 atom stereocenters. The second-order valence-corrected chi connectivity index (χ2v) is 4.17. The number of rotatable bonds is 5. The van der Waals surface area contributed by atoms with Crippen LogP contribution in [0.2, 0.25) is 0 Å². The van der Waals surface area contributed by atoms with E-state index in [2.05, 4.69) is 15.5 Å². The standard InChI is InChI=1S/C15H12N4O3/c20-15(13-6-3-8-16-11-13)18-17-9-2-5-12-4-1-7-14(10-12)19(21)22/h1-11H,(H,18,20)/b5-2-,17-9-. The number of hydrogen-bond acceptors (Lipinski definition) is 5. The Morgan fingerprint density at radius 1 is 1.32 bits per heavy atom. The Bertz CT molecular complexity index is 727. The minimum atomic E-state index is -0.459. The van der Waals surface area contributed by atoms with E-state index in [4.69, 9.17) is 0 Å². The Labute approximate surface area is 126 Å². The molecular formula is C15H12N4O3. The third-order valence-electron chi connectivity index (χ3n) is 2.62. The average molecular weight is 296 g/mol. The summed E-state index contributed by atoms with van der Waals surface area (Å²) in [4.78, 5) is 25.6. The fourth-order valence-electron chi connectivity index (χ4n) is 1.60. The molecule has 1 N–H and O–H groups in total. The van der Waals surface area contributed by atoms with Gasteiger partial charge in [0.05, 0.1) is 10.5 Å². The molecule has 0 spiro atoms. The number of non-ortho nitro benzene ring substituents is 1. The highest BCUT2D eigenvalue weighted by Crippen LogP contribution is 2.13. The fourth-order valence-corrected chi connectivity index (χ4v) is 1.60. The Morgan fingerprint density at radius 3 is 2.91 bits per heavy atom. The summed E-state index contributed by atoms with van der Waals surface area (Å²) in [5.74, 6) is -0.368. The topological polar surface area (TPSA) is 97.5 Å². The number of nitro benzene ring substituents is 1. The number of benzene rings is 1. The number of pyridine rings is 1. The van der Waals surface area contributed by atoms with Gasteiger partial charge in [-0.3, -0.25) is 19.9 Å². The van der Waals surface area contributed by atoms with Crippen molar-refractivity contribution in [2.24, 2.45) is 5.10 Å². The Morgan fingerprint density at radius 2 is 2.18 bits per heavy atom. The molecule has 0 unspecified atom stereocenters. The van der Waals surface area contributed by atoms with Gasteiger partial charge in [-0.2, -0.15) is 5.10 Å². The lowest BCUT2D eigenvalue weighted by atomic mass is 10.2. The summed E-state index contributed by atoms with van der Waals surface area (Å²) in [6.45, 7) is 0. The molecule has 22 heavy (non-hydrogen) atoms. The third kappa shape index (κ3) is 4.34. The van der Waals surface area contributed by atoms with Crippen molar-refractivity contribution in [2.45, 2.75) is 0 Å². The smallest absolute Gasteiger partial charge is 0.267 e. The first-order chi connectivity index (χ1) is 10.7. The number of carbonyl (C=O) groups excluding carboxylic acids is 1. The van der Waals surface area contributed by atoms with Crippen molar-refractivity contribution >= 4 is 23.9 Å². The van der Waals surface area contributed by atoms with Crippen molar-refractivity contribution in [3.05, 3.63) is 76.1 Å². The van der Waals surface area contributed by atoms with Crippen molar-refractivity contribution < 1.29 is 9.72 Å². The predicted octanol–water partition coefficient (Wildman–Crippen LogP) is 2.42. The third-order valence-corrected chi connectivity index (χ3v) is 2.62. The van der Waals surface area contributed by atoms with E-state index in [-0.39, 0.29) is 11.6 Å². The van der Waals surface area contributed by atoms with Crippen LogP contribution in [0.25, 0.3) is 6.08 Å². The second-order valence-electron chi connectivity index (χ2n) is 4.17. The number of nitro groups is 1. The van der Waals surface area contributed by atoms with Crippen LogP contribution in [-0.4, -0.2) is 22.0 Å². The van der Waals surface area contributed by atoms with Crippen LogP contribution in [0.3, 0.4) is 0 Å². The van der Waals surface area contributed by atoms with Crippen LogP contribution >= 0.6 is 0 Å². The predicted molar refractivity (Wildman–Crippen MR) is 82.3 cm³/mol. The van der Waals surface area contributed by atoms with E-state index >= 15 is 0 Å². The van der Waals surface area contributed by atoms with Crippen molar-refractivity contribution in [1.82, 2.24) is 10.4 Å². The van der Waals surface area contributed by atoms with Crippen molar-refractivity contribution in [2.75, 3.05) is 0 Å². The molecule has 1 aromatic heterocycles. The van der Waals surface area contributed by atoms with Gasteiger partial charge in [-0.05, 0) is 23.8 Å². The maximum absolute atomic E-state index is 11.6. The molecule has 110 valence electrons. The van der Waals surface area contributed by atoms with Gasteiger partial charge >= 0.3 is 0 Å². The van der Waals surface area contributed by atoms with E-state index in [0.29, 0.717) is 11.1 Å². The first kappa shape index (κ1) is 15.0. The minimum absolute atomic E-state index is 0.0176. The SMILES string of the molecule is O=C(N/N=C\C=C/c1cccc([N+](=O)[O-])c1)c1cccnc1. The van der Waals surface area contributed by atoms with Crippen LogP contribution in [-0.2, 0) is 0 Å². The van der Waals surface area contributed by atoms with E-state index < -0.39 is 4.92 Å². The summed E-state index contributed by atoms with van der Waals surface area (Å²) >= 11 is 0. The molecule has 7 nitrogen and oxygen atoms in total. The molecule has 1 heterocycles. The van der Waals surface area contributed by atoms with Gasteiger partial charge in [0.15, 0.2) is 0 Å². The molecule has 0 saturated heterocycles. The minimum Gasteiger partial charge on any atom is -0.267 e. The highest BCUT2D eigenvalue weighted by Gasteiger charge is 2.03. The first-order valence-corrected chi connectivity index (χ1v) is 6.31. The molecule has 0 radical (unpaired) electrons. The van der Waals surface area contributed by atoms with E-state index in [1.807, 2.05) is 0 Å². The Hall–Kier alpha value is -3.35. The summed E-state index contributed by atoms with van der Waals surface area (Å²) in [7, 11) is 0. The monoisotopic (exact) mass is 296 g/mol. The molecule has 0 aliphatic heterocycles. The molecule has 0 saturated carbocycles. The zero-order valence-electron chi connectivity index (χ0n) is 11.4. The van der Waals surface area contributed by atoms with Crippen LogP contribution in [0.5, 0.6) is 0 Å². The Kier molecular flexibility index (Phi) is 5.09. The average Bonchev–Trinajstić information content (AvgIpc) is 2.55. The van der Waals surface area contributed by atoms with E-state index in [1.165, 1.54) is 24.5 Å². The summed E-state index contributed by atoms with van der Waals surface area (Å²) in [5, 5.41) is 14.4. The quantitative estimate of drug-likeness (QED) is 0.520. The number of allylic oxidation sites excluding steroid dienone is 1. The summed E-state index contributed by atoms with van der Waals surface area (Å²) in [6, 6.07) is 9.46. The van der Waals surface area contributed by atoms with Crippen molar-refractivity contribution in [3.8, 4) is 0 Å². The van der Waals surface area contributed by atoms with Crippen molar-refractivity contribution in [1.29, 1.82) is 0 Å². The van der Waals surface area contributed by atoms with Crippen LogP contribution in [0.15, 0.2) is 60.0 Å². The fraction of sp³-hybridized carbons (Fsp3) is 0. The lowest BCUT2D eigenvalue weighted by Gasteiger charge is -1.97.